The van der Waals surface area contributed by atoms with Crippen LogP contribution in [0.4, 0.5) is 17.6 Å². The van der Waals surface area contributed by atoms with Crippen molar-refractivity contribution in [2.75, 3.05) is 6.61 Å². The van der Waals surface area contributed by atoms with E-state index in [0.717, 1.165) is 38.5 Å². The SMILES string of the molecule is CCCCCCOc1ccc(C2CCC(/C=C/c3ccc(C)c(F)c3F)CC2)c(F)c1F. The standard InChI is InChI=1S/C27H32F4O/c1-3-4-5-6-17-32-23-16-15-22(26(30)27(23)31)20-12-8-19(9-13-20)10-14-21-11-7-18(2)24(28)25(21)29/h7,10-11,14-16,19-20H,3-6,8-9,12-13,17H2,1-2H3/b14-10+. The van der Waals surface area contributed by atoms with Crippen LogP contribution in [0.5, 0.6) is 5.75 Å². The number of aryl methyl sites for hydroxylation is 1. The molecule has 1 aliphatic rings. The van der Waals surface area contributed by atoms with Gasteiger partial charge in [-0.1, -0.05) is 56.5 Å². The third kappa shape index (κ3) is 5.93. The van der Waals surface area contributed by atoms with E-state index >= 15 is 0 Å². The molecule has 5 heteroatoms. The van der Waals surface area contributed by atoms with Gasteiger partial charge >= 0.3 is 0 Å². The number of benzene rings is 2. The molecule has 1 aliphatic carbocycles. The molecule has 3 rings (SSSR count). The lowest BCUT2D eigenvalue weighted by atomic mass is 9.78. The van der Waals surface area contributed by atoms with Crippen LogP contribution in [0, 0.1) is 36.1 Å². The maximum Gasteiger partial charge on any atom is 0.200 e. The highest BCUT2D eigenvalue weighted by Gasteiger charge is 2.26. The summed E-state index contributed by atoms with van der Waals surface area (Å²) in [7, 11) is 0. The average molecular weight is 449 g/mol. The summed E-state index contributed by atoms with van der Waals surface area (Å²) in [4.78, 5) is 0. The second kappa shape index (κ2) is 11.5. The van der Waals surface area contributed by atoms with Gasteiger partial charge in [0.2, 0.25) is 5.82 Å². The van der Waals surface area contributed by atoms with E-state index in [0.29, 0.717) is 25.0 Å². The van der Waals surface area contributed by atoms with Crippen molar-refractivity contribution >= 4 is 6.08 Å². The Labute approximate surface area is 188 Å². The summed E-state index contributed by atoms with van der Waals surface area (Å²) in [6.45, 7) is 4.03. The molecule has 2 aromatic carbocycles. The van der Waals surface area contributed by atoms with E-state index in [1.807, 2.05) is 6.08 Å². The quantitative estimate of drug-likeness (QED) is 0.276. The number of ether oxygens (including phenoxy) is 1. The third-order valence-corrected chi connectivity index (χ3v) is 6.40. The van der Waals surface area contributed by atoms with E-state index in [2.05, 4.69) is 6.92 Å². The molecule has 0 unspecified atom stereocenters. The van der Waals surface area contributed by atoms with E-state index in [9.17, 15) is 17.6 Å². The van der Waals surface area contributed by atoms with Gasteiger partial charge in [0.15, 0.2) is 23.2 Å². The zero-order valence-electron chi connectivity index (χ0n) is 18.9. The monoisotopic (exact) mass is 448 g/mol. The minimum Gasteiger partial charge on any atom is -0.490 e. The van der Waals surface area contributed by atoms with Crippen molar-refractivity contribution in [3.05, 3.63) is 70.3 Å². The normalized spacial score (nSPS) is 18.9. The number of unbranched alkanes of at least 4 members (excludes halogenated alkanes) is 3. The Morgan fingerprint density at radius 3 is 2.31 bits per heavy atom. The van der Waals surface area contributed by atoms with E-state index in [1.165, 1.54) is 13.0 Å². The van der Waals surface area contributed by atoms with Gasteiger partial charge < -0.3 is 4.74 Å². The van der Waals surface area contributed by atoms with Crippen LogP contribution in [0.2, 0.25) is 0 Å². The molecule has 0 bridgehead atoms. The lowest BCUT2D eigenvalue weighted by molar-refractivity contribution is 0.283. The van der Waals surface area contributed by atoms with Crippen molar-refractivity contribution < 1.29 is 22.3 Å². The molecule has 1 fully saturated rings. The first kappa shape index (κ1) is 24.3. The molecule has 2 aromatic rings. The summed E-state index contributed by atoms with van der Waals surface area (Å²) >= 11 is 0. The van der Waals surface area contributed by atoms with Gasteiger partial charge in [0.05, 0.1) is 6.61 Å². The molecule has 0 N–H and O–H groups in total. The van der Waals surface area contributed by atoms with Crippen LogP contribution in [0.15, 0.2) is 30.3 Å². The number of hydrogen-bond acceptors (Lipinski definition) is 1. The van der Waals surface area contributed by atoms with E-state index in [-0.39, 0.29) is 28.7 Å². The van der Waals surface area contributed by atoms with Crippen molar-refractivity contribution in [1.29, 1.82) is 0 Å². The summed E-state index contributed by atoms with van der Waals surface area (Å²) in [5.41, 5.74) is 0.908. The number of rotatable bonds is 9. The van der Waals surface area contributed by atoms with E-state index in [4.69, 9.17) is 4.74 Å². The third-order valence-electron chi connectivity index (χ3n) is 6.40. The largest absolute Gasteiger partial charge is 0.490 e. The summed E-state index contributed by atoms with van der Waals surface area (Å²) in [5.74, 6) is -3.24. The van der Waals surface area contributed by atoms with Crippen LogP contribution in [-0.4, -0.2) is 6.61 Å². The summed E-state index contributed by atoms with van der Waals surface area (Å²) < 4.78 is 62.4. The van der Waals surface area contributed by atoms with Crippen molar-refractivity contribution in [1.82, 2.24) is 0 Å². The van der Waals surface area contributed by atoms with Crippen molar-refractivity contribution in [3.63, 3.8) is 0 Å². The molecule has 0 atom stereocenters. The molecular formula is C27H32F4O. The van der Waals surface area contributed by atoms with Gasteiger partial charge in [0.1, 0.15) is 0 Å². The second-order valence-corrected chi connectivity index (χ2v) is 8.76. The molecular weight excluding hydrogens is 416 g/mol. The molecule has 1 saturated carbocycles. The fourth-order valence-corrected chi connectivity index (χ4v) is 4.34. The van der Waals surface area contributed by atoms with Crippen molar-refractivity contribution in [2.45, 2.75) is 71.1 Å². The summed E-state index contributed by atoms with van der Waals surface area (Å²) in [6.07, 6.45) is 10.6. The van der Waals surface area contributed by atoms with Crippen LogP contribution in [0.3, 0.4) is 0 Å². The smallest absolute Gasteiger partial charge is 0.200 e. The Bertz CT molecular complexity index is 930. The molecule has 32 heavy (non-hydrogen) atoms. The summed E-state index contributed by atoms with van der Waals surface area (Å²) in [5, 5.41) is 0. The van der Waals surface area contributed by atoms with Gasteiger partial charge in [-0.2, -0.15) is 4.39 Å². The minimum absolute atomic E-state index is 0.0216. The first-order chi connectivity index (χ1) is 15.4. The zero-order chi connectivity index (χ0) is 23.1. The maximum atomic E-state index is 14.7. The lowest BCUT2D eigenvalue weighted by Gasteiger charge is -2.27. The van der Waals surface area contributed by atoms with Crippen LogP contribution in [-0.2, 0) is 0 Å². The van der Waals surface area contributed by atoms with E-state index in [1.54, 1.807) is 24.3 Å². The number of allylic oxidation sites excluding steroid dienone is 1. The molecule has 0 heterocycles. The molecule has 0 aromatic heterocycles. The van der Waals surface area contributed by atoms with Crippen LogP contribution in [0.25, 0.3) is 6.08 Å². The molecule has 0 saturated heterocycles. The predicted molar refractivity (Wildman–Crippen MR) is 121 cm³/mol. The highest BCUT2D eigenvalue weighted by molar-refractivity contribution is 5.51. The van der Waals surface area contributed by atoms with Crippen molar-refractivity contribution in [2.24, 2.45) is 5.92 Å². The van der Waals surface area contributed by atoms with Crippen LogP contribution < -0.4 is 4.74 Å². The molecule has 0 spiro atoms. The second-order valence-electron chi connectivity index (χ2n) is 8.76. The Morgan fingerprint density at radius 2 is 1.59 bits per heavy atom. The van der Waals surface area contributed by atoms with Gasteiger partial charge in [0, 0.05) is 5.56 Å². The van der Waals surface area contributed by atoms with Gasteiger partial charge in [-0.3, -0.25) is 0 Å². The molecule has 174 valence electrons. The van der Waals surface area contributed by atoms with Gasteiger partial charge in [-0.15, -0.1) is 0 Å². The minimum atomic E-state index is -0.906. The zero-order valence-corrected chi connectivity index (χ0v) is 18.9. The fourth-order valence-electron chi connectivity index (χ4n) is 4.34. The van der Waals surface area contributed by atoms with Crippen molar-refractivity contribution in [3.8, 4) is 5.75 Å². The Morgan fingerprint density at radius 1 is 0.844 bits per heavy atom. The Balaban J connectivity index is 1.56. The number of hydrogen-bond donors (Lipinski definition) is 0. The first-order valence-corrected chi connectivity index (χ1v) is 11.7. The lowest BCUT2D eigenvalue weighted by Crippen LogP contribution is -2.14. The molecule has 0 aliphatic heterocycles. The topological polar surface area (TPSA) is 9.23 Å². The fraction of sp³-hybridized carbons (Fsp3) is 0.481. The highest BCUT2D eigenvalue weighted by atomic mass is 19.2. The Kier molecular flexibility index (Phi) is 8.77. The van der Waals surface area contributed by atoms with Gasteiger partial charge in [-0.25, -0.2) is 13.2 Å². The van der Waals surface area contributed by atoms with Crippen LogP contribution in [0.1, 0.15) is 80.9 Å². The number of halogens is 4. The highest BCUT2D eigenvalue weighted by Crippen LogP contribution is 2.39. The Hall–Kier alpha value is -2.30. The molecule has 1 nitrogen and oxygen atoms in total. The first-order valence-electron chi connectivity index (χ1n) is 11.7. The van der Waals surface area contributed by atoms with Crippen LogP contribution >= 0.6 is 0 Å². The molecule has 0 radical (unpaired) electrons. The van der Waals surface area contributed by atoms with E-state index < -0.39 is 23.3 Å². The molecule has 0 amide bonds. The maximum absolute atomic E-state index is 14.7. The predicted octanol–water partition coefficient (Wildman–Crippen LogP) is 8.50. The summed E-state index contributed by atoms with van der Waals surface area (Å²) in [6, 6.07) is 6.31. The van der Waals surface area contributed by atoms with Gasteiger partial charge in [-0.05, 0) is 68.1 Å². The van der Waals surface area contributed by atoms with Gasteiger partial charge in [0.25, 0.3) is 0 Å². The average Bonchev–Trinajstić information content (AvgIpc) is 2.80.